The summed E-state index contributed by atoms with van der Waals surface area (Å²) >= 11 is 5.91. The maximum atomic E-state index is 13.8. The molecule has 9 heteroatoms. The van der Waals surface area contributed by atoms with Gasteiger partial charge in [-0.25, -0.2) is 9.37 Å². The Labute approximate surface area is 169 Å². The number of carbonyl (C=O) groups excluding carboxylic acids is 1. The molecule has 144 valence electrons. The lowest BCUT2D eigenvalue weighted by Crippen LogP contribution is -2.14. The average Bonchev–Trinajstić information content (AvgIpc) is 3.25. The van der Waals surface area contributed by atoms with Gasteiger partial charge >= 0.3 is 0 Å². The van der Waals surface area contributed by atoms with Crippen molar-refractivity contribution in [1.82, 2.24) is 19.7 Å². The van der Waals surface area contributed by atoms with E-state index < -0.39 is 11.7 Å². The topological polar surface area (TPSA) is 81.9 Å². The first-order valence-corrected chi connectivity index (χ1v) is 8.83. The highest BCUT2D eigenvalue weighted by Crippen LogP contribution is 2.24. The minimum absolute atomic E-state index is 0.0418. The predicted molar refractivity (Wildman–Crippen MR) is 105 cm³/mol. The number of imidazole rings is 1. The van der Waals surface area contributed by atoms with Gasteiger partial charge in [-0.2, -0.15) is 0 Å². The van der Waals surface area contributed by atoms with Crippen LogP contribution in [0.1, 0.15) is 10.4 Å². The molecule has 0 aliphatic rings. The van der Waals surface area contributed by atoms with E-state index >= 15 is 0 Å². The van der Waals surface area contributed by atoms with Gasteiger partial charge in [-0.05, 0) is 42.5 Å². The molecule has 0 saturated carbocycles. The Balaban J connectivity index is 1.42. The molecule has 2 heterocycles. The number of anilines is 1. The molecule has 0 spiro atoms. The molecule has 0 bridgehead atoms. The second kappa shape index (κ2) is 8.07. The first-order valence-electron chi connectivity index (χ1n) is 8.45. The van der Waals surface area contributed by atoms with E-state index in [-0.39, 0.29) is 10.6 Å². The Morgan fingerprint density at radius 1 is 1.07 bits per heavy atom. The van der Waals surface area contributed by atoms with Crippen molar-refractivity contribution in [2.45, 2.75) is 0 Å². The molecule has 7 nitrogen and oxygen atoms in total. The van der Waals surface area contributed by atoms with E-state index in [0.29, 0.717) is 23.1 Å². The standard InChI is InChI=1S/C20H13ClFN5O2/c21-15-2-1-3-16(22)19(15)20(28)24-13-4-6-14(7-5-13)29-18-9-8-17(25-26-18)27-11-10-23-12-27/h1-12H,(H,24,28). The van der Waals surface area contributed by atoms with Gasteiger partial charge in [0, 0.05) is 24.1 Å². The number of aromatic nitrogens is 4. The number of halogens is 2. The van der Waals surface area contributed by atoms with Crippen LogP contribution in [0.5, 0.6) is 11.6 Å². The van der Waals surface area contributed by atoms with Crippen LogP contribution in [-0.2, 0) is 0 Å². The van der Waals surface area contributed by atoms with E-state index in [4.69, 9.17) is 16.3 Å². The Kier molecular flexibility index (Phi) is 5.17. The summed E-state index contributed by atoms with van der Waals surface area (Å²) in [4.78, 5) is 16.2. The maximum Gasteiger partial charge on any atom is 0.260 e. The molecule has 0 aliphatic heterocycles. The molecular formula is C20H13ClFN5O2. The molecule has 0 aliphatic carbocycles. The van der Waals surface area contributed by atoms with Crippen LogP contribution in [0.15, 0.2) is 73.3 Å². The van der Waals surface area contributed by atoms with Crippen molar-refractivity contribution in [3.05, 3.63) is 89.7 Å². The fraction of sp³-hybridized carbons (Fsp3) is 0. The van der Waals surface area contributed by atoms with Crippen molar-refractivity contribution < 1.29 is 13.9 Å². The lowest BCUT2D eigenvalue weighted by Gasteiger charge is -2.09. The number of nitrogens with zero attached hydrogens (tertiary/aromatic N) is 4. The minimum Gasteiger partial charge on any atom is -0.438 e. The van der Waals surface area contributed by atoms with E-state index in [2.05, 4.69) is 20.5 Å². The van der Waals surface area contributed by atoms with Gasteiger partial charge in [-0.15, -0.1) is 10.2 Å². The summed E-state index contributed by atoms with van der Waals surface area (Å²) in [5.74, 6) is 0.0931. The Morgan fingerprint density at radius 3 is 2.55 bits per heavy atom. The van der Waals surface area contributed by atoms with Crippen LogP contribution < -0.4 is 10.1 Å². The van der Waals surface area contributed by atoms with Crippen molar-refractivity contribution in [3.8, 4) is 17.4 Å². The van der Waals surface area contributed by atoms with Crippen molar-refractivity contribution in [3.63, 3.8) is 0 Å². The Morgan fingerprint density at radius 2 is 1.90 bits per heavy atom. The highest BCUT2D eigenvalue weighted by molar-refractivity contribution is 6.34. The van der Waals surface area contributed by atoms with Gasteiger partial charge < -0.3 is 10.1 Å². The first kappa shape index (κ1) is 18.6. The van der Waals surface area contributed by atoms with Crippen LogP contribution in [0.2, 0.25) is 5.02 Å². The molecule has 0 atom stereocenters. The third kappa shape index (κ3) is 4.22. The molecule has 0 saturated heterocycles. The van der Waals surface area contributed by atoms with Crippen molar-refractivity contribution >= 4 is 23.2 Å². The van der Waals surface area contributed by atoms with Crippen LogP contribution in [-0.4, -0.2) is 25.7 Å². The normalized spacial score (nSPS) is 10.6. The number of hydrogen-bond donors (Lipinski definition) is 1. The quantitative estimate of drug-likeness (QED) is 0.524. The molecule has 0 fully saturated rings. The molecule has 2 aromatic carbocycles. The molecule has 4 aromatic rings. The second-order valence-corrected chi connectivity index (χ2v) is 6.28. The van der Waals surface area contributed by atoms with Gasteiger partial charge in [-0.3, -0.25) is 9.36 Å². The van der Waals surface area contributed by atoms with Crippen molar-refractivity contribution in [1.29, 1.82) is 0 Å². The largest absolute Gasteiger partial charge is 0.438 e. The SMILES string of the molecule is O=C(Nc1ccc(Oc2ccc(-n3ccnc3)nn2)cc1)c1c(F)cccc1Cl. The van der Waals surface area contributed by atoms with Crippen LogP contribution in [0.25, 0.3) is 5.82 Å². The zero-order valence-electron chi connectivity index (χ0n) is 14.8. The van der Waals surface area contributed by atoms with Gasteiger partial charge in [0.05, 0.1) is 10.6 Å². The molecule has 0 unspecified atom stereocenters. The fourth-order valence-corrected chi connectivity index (χ4v) is 2.78. The fourth-order valence-electron chi connectivity index (χ4n) is 2.54. The highest BCUT2D eigenvalue weighted by atomic mass is 35.5. The monoisotopic (exact) mass is 409 g/mol. The van der Waals surface area contributed by atoms with E-state index in [1.807, 2.05) is 0 Å². The number of hydrogen-bond acceptors (Lipinski definition) is 5. The zero-order chi connectivity index (χ0) is 20.2. The summed E-state index contributed by atoms with van der Waals surface area (Å²) in [5, 5.41) is 10.7. The third-order valence-corrected chi connectivity index (χ3v) is 4.23. The summed E-state index contributed by atoms with van der Waals surface area (Å²) in [5.41, 5.74) is 0.256. The summed E-state index contributed by atoms with van der Waals surface area (Å²) in [6.45, 7) is 0. The van der Waals surface area contributed by atoms with Gasteiger partial charge in [0.15, 0.2) is 5.82 Å². The van der Waals surface area contributed by atoms with Crippen LogP contribution in [0.3, 0.4) is 0 Å². The van der Waals surface area contributed by atoms with E-state index in [1.54, 1.807) is 59.7 Å². The minimum atomic E-state index is -0.687. The molecule has 0 radical (unpaired) electrons. The van der Waals surface area contributed by atoms with Gasteiger partial charge in [-0.1, -0.05) is 17.7 Å². The van der Waals surface area contributed by atoms with E-state index in [9.17, 15) is 9.18 Å². The lowest BCUT2D eigenvalue weighted by atomic mass is 10.2. The maximum absolute atomic E-state index is 13.8. The zero-order valence-corrected chi connectivity index (χ0v) is 15.5. The van der Waals surface area contributed by atoms with Gasteiger partial charge in [0.2, 0.25) is 5.88 Å². The number of nitrogens with one attached hydrogen (secondary N) is 1. The molecule has 4 rings (SSSR count). The average molecular weight is 410 g/mol. The van der Waals surface area contributed by atoms with Crippen LogP contribution in [0.4, 0.5) is 10.1 Å². The number of carbonyl (C=O) groups is 1. The van der Waals surface area contributed by atoms with Crippen LogP contribution >= 0.6 is 11.6 Å². The summed E-state index contributed by atoms with van der Waals surface area (Å²) in [6, 6.07) is 14.0. The predicted octanol–water partition coefficient (Wildman–Crippen LogP) is 4.50. The van der Waals surface area contributed by atoms with Gasteiger partial charge in [0.1, 0.15) is 17.9 Å². The second-order valence-electron chi connectivity index (χ2n) is 5.88. The molecule has 1 N–H and O–H groups in total. The molecule has 29 heavy (non-hydrogen) atoms. The number of rotatable bonds is 5. The molecule has 1 amide bonds. The smallest absolute Gasteiger partial charge is 0.260 e. The number of amides is 1. The highest BCUT2D eigenvalue weighted by Gasteiger charge is 2.15. The summed E-state index contributed by atoms with van der Waals surface area (Å²) < 4.78 is 21.2. The Hall–Kier alpha value is -3.78. The third-order valence-electron chi connectivity index (χ3n) is 3.92. The lowest BCUT2D eigenvalue weighted by molar-refractivity contribution is 0.102. The summed E-state index contributed by atoms with van der Waals surface area (Å²) in [7, 11) is 0. The van der Waals surface area contributed by atoms with E-state index in [0.717, 1.165) is 0 Å². The number of ether oxygens (including phenoxy) is 1. The van der Waals surface area contributed by atoms with Crippen LogP contribution in [0, 0.1) is 5.82 Å². The van der Waals surface area contributed by atoms with Crippen molar-refractivity contribution in [2.24, 2.45) is 0 Å². The molecule has 2 aromatic heterocycles. The number of benzene rings is 2. The Bertz CT molecular complexity index is 1110. The van der Waals surface area contributed by atoms with Crippen molar-refractivity contribution in [2.75, 3.05) is 5.32 Å². The molecular weight excluding hydrogens is 397 g/mol. The summed E-state index contributed by atoms with van der Waals surface area (Å²) in [6.07, 6.45) is 5.02. The first-order chi connectivity index (χ1) is 14.1. The van der Waals surface area contributed by atoms with Gasteiger partial charge in [0.25, 0.3) is 5.91 Å². The van der Waals surface area contributed by atoms with E-state index in [1.165, 1.54) is 18.2 Å².